The molecule has 1 fully saturated rings. The number of aliphatic hydroxyl groups is 1. The van der Waals surface area contributed by atoms with Gasteiger partial charge in [-0.2, -0.15) is 0 Å². The summed E-state index contributed by atoms with van der Waals surface area (Å²) >= 11 is 0. The molecule has 0 spiro atoms. The maximum absolute atomic E-state index is 12.6. The Labute approximate surface area is 205 Å². The van der Waals surface area contributed by atoms with Gasteiger partial charge < -0.3 is 14.6 Å². The zero-order valence-corrected chi connectivity index (χ0v) is 21.8. The molecule has 5 nitrogen and oxygen atoms in total. The Morgan fingerprint density at radius 3 is 2.15 bits per heavy atom. The lowest BCUT2D eigenvalue weighted by molar-refractivity contribution is -0.104. The Morgan fingerprint density at radius 1 is 1.00 bits per heavy atom. The van der Waals surface area contributed by atoms with Gasteiger partial charge in [-0.3, -0.25) is 4.90 Å². The highest BCUT2D eigenvalue weighted by Crippen LogP contribution is 2.40. The van der Waals surface area contributed by atoms with Crippen LogP contribution in [-0.2, 0) is 10.2 Å². The maximum atomic E-state index is 12.6. The predicted molar refractivity (Wildman–Crippen MR) is 136 cm³/mol. The maximum Gasteiger partial charge on any atom is 0.338 e. The van der Waals surface area contributed by atoms with Crippen molar-refractivity contribution in [2.75, 3.05) is 13.2 Å². The summed E-state index contributed by atoms with van der Waals surface area (Å²) in [5.74, 6) is 0.538. The summed E-state index contributed by atoms with van der Waals surface area (Å²) in [4.78, 5) is 14.9. The first kappa shape index (κ1) is 26.2. The monoisotopic (exact) mass is 467 g/mol. The van der Waals surface area contributed by atoms with Crippen LogP contribution in [0, 0.1) is 0 Å². The predicted octanol–water partition coefficient (Wildman–Crippen LogP) is 5.60. The molecule has 2 aromatic rings. The number of esters is 1. The minimum atomic E-state index is -0.644. The lowest BCUT2D eigenvalue weighted by atomic mass is 9.77. The van der Waals surface area contributed by atoms with Crippen molar-refractivity contribution in [1.29, 1.82) is 0 Å². The van der Waals surface area contributed by atoms with Crippen molar-refractivity contribution < 1.29 is 19.4 Å². The van der Waals surface area contributed by atoms with Crippen LogP contribution in [0.15, 0.2) is 54.6 Å². The fraction of sp³-hybridized carbons (Fsp3) is 0.552. The first-order valence-corrected chi connectivity index (χ1v) is 12.2. The summed E-state index contributed by atoms with van der Waals surface area (Å²) in [6.07, 6.45) is 0.584. The minimum Gasteiger partial charge on any atom is -0.491 e. The third-order valence-corrected chi connectivity index (χ3v) is 6.72. The Balaban J connectivity index is 1.63. The first-order valence-electron chi connectivity index (χ1n) is 12.2. The molecule has 34 heavy (non-hydrogen) atoms. The molecule has 2 aromatic carbocycles. The number of hydrogen-bond acceptors (Lipinski definition) is 5. The average molecular weight is 468 g/mol. The molecule has 3 rings (SSSR count). The second-order valence-corrected chi connectivity index (χ2v) is 11.7. The summed E-state index contributed by atoms with van der Waals surface area (Å²) < 4.78 is 12.0. The number of nitrogens with zero attached hydrogens (tertiary/aromatic N) is 1. The summed E-state index contributed by atoms with van der Waals surface area (Å²) in [5.41, 5.74) is 1.15. The van der Waals surface area contributed by atoms with Crippen molar-refractivity contribution in [2.24, 2.45) is 0 Å². The van der Waals surface area contributed by atoms with Gasteiger partial charge in [0.15, 0.2) is 0 Å². The molecule has 0 amide bonds. The highest BCUT2D eigenvalue weighted by atomic mass is 16.5. The van der Waals surface area contributed by atoms with Crippen molar-refractivity contribution in [2.45, 2.75) is 90.0 Å². The second kappa shape index (κ2) is 10.1. The van der Waals surface area contributed by atoms with E-state index in [4.69, 9.17) is 9.47 Å². The zero-order valence-electron chi connectivity index (χ0n) is 21.8. The molecule has 0 bridgehead atoms. The largest absolute Gasteiger partial charge is 0.491 e. The van der Waals surface area contributed by atoms with Crippen molar-refractivity contribution >= 4 is 5.97 Å². The fourth-order valence-electron chi connectivity index (χ4n) is 5.26. The molecule has 0 radical (unpaired) electrons. The molecule has 1 unspecified atom stereocenters. The highest BCUT2D eigenvalue weighted by molar-refractivity contribution is 5.89. The Kier molecular flexibility index (Phi) is 7.79. The lowest BCUT2D eigenvalue weighted by Gasteiger charge is -2.55. The van der Waals surface area contributed by atoms with E-state index in [9.17, 15) is 9.90 Å². The molecule has 1 aliphatic heterocycles. The fourth-order valence-corrected chi connectivity index (χ4v) is 5.26. The van der Waals surface area contributed by atoms with Gasteiger partial charge in [0.1, 0.15) is 24.6 Å². The molecular formula is C29H41NO4. The van der Waals surface area contributed by atoms with Crippen LogP contribution in [0.5, 0.6) is 5.75 Å². The van der Waals surface area contributed by atoms with Gasteiger partial charge in [-0.05, 0) is 56.9 Å². The molecule has 1 N–H and O–H groups in total. The second-order valence-electron chi connectivity index (χ2n) is 11.7. The van der Waals surface area contributed by atoms with Gasteiger partial charge in [-0.1, -0.05) is 57.2 Å². The van der Waals surface area contributed by atoms with E-state index in [1.165, 1.54) is 0 Å². The molecule has 0 aliphatic carbocycles. The zero-order chi connectivity index (χ0) is 25.1. The highest BCUT2D eigenvalue weighted by Gasteiger charge is 2.47. The van der Waals surface area contributed by atoms with E-state index in [0.717, 1.165) is 11.3 Å². The number of carbonyl (C=O) groups excluding carboxylic acids is 1. The van der Waals surface area contributed by atoms with E-state index in [2.05, 4.69) is 59.4 Å². The number of para-hydroxylation sites is 1. The topological polar surface area (TPSA) is 59.0 Å². The average Bonchev–Trinajstić information content (AvgIpc) is 2.74. The number of rotatable bonds is 7. The number of aliphatic hydroxyl groups excluding tert-OH is 1. The molecule has 5 heteroatoms. The quantitative estimate of drug-likeness (QED) is 0.537. The molecular weight excluding hydrogens is 426 g/mol. The van der Waals surface area contributed by atoms with Gasteiger partial charge in [-0.25, -0.2) is 4.79 Å². The van der Waals surface area contributed by atoms with Gasteiger partial charge >= 0.3 is 5.97 Å². The van der Waals surface area contributed by atoms with E-state index in [1.807, 2.05) is 36.4 Å². The Bertz CT molecular complexity index is 944. The van der Waals surface area contributed by atoms with Gasteiger partial charge in [0, 0.05) is 30.5 Å². The van der Waals surface area contributed by atoms with Gasteiger partial charge in [0.05, 0.1) is 5.56 Å². The summed E-state index contributed by atoms with van der Waals surface area (Å²) in [6, 6.07) is 17.2. The van der Waals surface area contributed by atoms with Crippen molar-refractivity contribution in [3.05, 3.63) is 65.7 Å². The summed E-state index contributed by atoms with van der Waals surface area (Å²) in [5, 5.41) is 10.9. The van der Waals surface area contributed by atoms with Crippen LogP contribution in [0.3, 0.4) is 0 Å². The molecule has 0 aromatic heterocycles. The van der Waals surface area contributed by atoms with Crippen LogP contribution >= 0.6 is 0 Å². The van der Waals surface area contributed by atoms with Gasteiger partial charge in [-0.15, -0.1) is 0 Å². The van der Waals surface area contributed by atoms with Crippen LogP contribution in [0.25, 0.3) is 0 Å². The molecule has 1 atom stereocenters. The van der Waals surface area contributed by atoms with Gasteiger partial charge in [0.25, 0.3) is 0 Å². The summed E-state index contributed by atoms with van der Waals surface area (Å²) in [7, 11) is 0. The van der Waals surface area contributed by atoms with E-state index >= 15 is 0 Å². The van der Waals surface area contributed by atoms with Crippen LogP contribution in [0.2, 0.25) is 0 Å². The molecule has 1 heterocycles. The molecule has 1 aliphatic rings. The van der Waals surface area contributed by atoms with E-state index in [-0.39, 0.29) is 35.2 Å². The van der Waals surface area contributed by atoms with Crippen LogP contribution in [-0.4, -0.2) is 52.4 Å². The van der Waals surface area contributed by atoms with Crippen LogP contribution in [0.4, 0.5) is 0 Å². The van der Waals surface area contributed by atoms with Gasteiger partial charge in [0.2, 0.25) is 0 Å². The third kappa shape index (κ3) is 6.39. The standard InChI is InChI=1S/C29H41NO4/c1-27(2,3)24-15-11-12-16-25(24)33-20-22(31)19-30-28(4,5)17-23(18-29(30,6)7)34-26(32)21-13-9-8-10-14-21/h8-16,22-23,31H,17-20H2,1-7H3. The smallest absolute Gasteiger partial charge is 0.338 e. The molecule has 186 valence electrons. The van der Waals surface area contributed by atoms with Crippen molar-refractivity contribution in [3.63, 3.8) is 0 Å². The lowest BCUT2D eigenvalue weighted by Crippen LogP contribution is -2.64. The molecule has 0 saturated carbocycles. The number of likely N-dealkylation sites (tertiary alicyclic amines) is 1. The number of piperidine rings is 1. The van der Waals surface area contributed by atoms with E-state index in [0.29, 0.717) is 24.9 Å². The van der Waals surface area contributed by atoms with Crippen molar-refractivity contribution in [3.8, 4) is 5.75 Å². The number of benzene rings is 2. The molecule has 1 saturated heterocycles. The normalized spacial score (nSPS) is 19.4. The number of ether oxygens (including phenoxy) is 2. The first-order chi connectivity index (χ1) is 15.8. The Morgan fingerprint density at radius 2 is 1.56 bits per heavy atom. The summed E-state index contributed by atoms with van der Waals surface area (Å²) in [6.45, 7) is 15.8. The van der Waals surface area contributed by atoms with Crippen LogP contribution in [0.1, 0.15) is 77.2 Å². The Hall–Kier alpha value is -2.37. The number of hydrogen-bond donors (Lipinski definition) is 1. The van der Waals surface area contributed by atoms with Crippen molar-refractivity contribution in [1.82, 2.24) is 4.90 Å². The number of β-amino-alcohol motifs (C(OH)–C–C–N with tert-alkyl or cyclic N) is 1. The van der Waals surface area contributed by atoms with E-state index in [1.54, 1.807) is 12.1 Å². The third-order valence-electron chi connectivity index (χ3n) is 6.72. The number of carbonyl (C=O) groups is 1. The van der Waals surface area contributed by atoms with E-state index < -0.39 is 6.10 Å². The minimum absolute atomic E-state index is 0.0371. The van der Waals surface area contributed by atoms with Crippen LogP contribution < -0.4 is 4.74 Å². The SMILES string of the molecule is CC(C)(C)c1ccccc1OCC(O)CN1C(C)(C)CC(OC(=O)c2ccccc2)CC1(C)C.